The summed E-state index contributed by atoms with van der Waals surface area (Å²) < 4.78 is 6.36. The van der Waals surface area contributed by atoms with Gasteiger partial charge in [-0.3, -0.25) is 4.79 Å². The zero-order chi connectivity index (χ0) is 14.1. The van der Waals surface area contributed by atoms with Gasteiger partial charge in [0.05, 0.1) is 21.8 Å². The van der Waals surface area contributed by atoms with Crippen LogP contribution in [0.2, 0.25) is 0 Å². The summed E-state index contributed by atoms with van der Waals surface area (Å²) in [6.07, 6.45) is 0. The molecule has 20 heavy (non-hydrogen) atoms. The van der Waals surface area contributed by atoms with E-state index in [2.05, 4.69) is 10.3 Å². The maximum absolute atomic E-state index is 12.0. The first-order valence-electron chi connectivity index (χ1n) is 6.13. The molecule has 0 unspecified atom stereocenters. The Kier molecular flexibility index (Phi) is 3.25. The van der Waals surface area contributed by atoms with Crippen LogP contribution in [0.4, 0.5) is 5.69 Å². The second-order valence-corrected chi connectivity index (χ2v) is 5.57. The molecular formula is C14H13N3O2S. The van der Waals surface area contributed by atoms with Crippen LogP contribution in [0.5, 0.6) is 0 Å². The number of hydrogen-bond donors (Lipinski definition) is 2. The number of benzene rings is 1. The van der Waals surface area contributed by atoms with Gasteiger partial charge in [0.15, 0.2) is 5.76 Å². The first-order valence-corrected chi connectivity index (χ1v) is 6.94. The summed E-state index contributed by atoms with van der Waals surface area (Å²) in [5, 5.41) is 3.80. The van der Waals surface area contributed by atoms with E-state index >= 15 is 0 Å². The molecule has 102 valence electrons. The molecule has 1 amide bonds. The lowest BCUT2D eigenvalue weighted by Gasteiger charge is -2.02. The topological polar surface area (TPSA) is 81.2 Å². The fourth-order valence-corrected chi connectivity index (χ4v) is 2.79. The predicted octanol–water partition coefficient (Wildman–Crippen LogP) is 2.91. The molecule has 0 saturated heterocycles. The van der Waals surface area contributed by atoms with Crippen LogP contribution in [0.15, 0.2) is 34.7 Å². The number of hydrogen-bond acceptors (Lipinski definition) is 5. The van der Waals surface area contributed by atoms with Gasteiger partial charge in [0.1, 0.15) is 5.76 Å². The lowest BCUT2D eigenvalue weighted by molar-refractivity contribution is 0.0995. The highest BCUT2D eigenvalue weighted by molar-refractivity contribution is 7.18. The van der Waals surface area contributed by atoms with E-state index in [9.17, 15) is 4.79 Å². The van der Waals surface area contributed by atoms with E-state index in [1.165, 1.54) is 0 Å². The number of carbonyl (C=O) groups is 1. The van der Waals surface area contributed by atoms with Crippen molar-refractivity contribution in [1.29, 1.82) is 0 Å². The number of aryl methyl sites for hydroxylation is 1. The van der Waals surface area contributed by atoms with Crippen LogP contribution in [0.1, 0.15) is 21.3 Å². The van der Waals surface area contributed by atoms with Crippen molar-refractivity contribution in [3.63, 3.8) is 0 Å². The van der Waals surface area contributed by atoms with Crippen molar-refractivity contribution >= 4 is 33.1 Å². The highest BCUT2D eigenvalue weighted by Crippen LogP contribution is 2.25. The molecule has 3 N–H and O–H groups in total. The van der Waals surface area contributed by atoms with E-state index in [-0.39, 0.29) is 18.2 Å². The van der Waals surface area contributed by atoms with Crippen molar-refractivity contribution in [3.05, 3.63) is 46.9 Å². The van der Waals surface area contributed by atoms with Gasteiger partial charge < -0.3 is 15.5 Å². The zero-order valence-corrected chi connectivity index (χ0v) is 11.7. The first-order chi connectivity index (χ1) is 9.65. The Labute approximate surface area is 119 Å². The third kappa shape index (κ3) is 2.43. The molecular weight excluding hydrogens is 274 g/mol. The maximum atomic E-state index is 12.0. The van der Waals surface area contributed by atoms with Crippen LogP contribution in [0, 0.1) is 6.92 Å². The summed E-state index contributed by atoms with van der Waals surface area (Å²) in [6.45, 7) is 2.24. The van der Waals surface area contributed by atoms with E-state index in [4.69, 9.17) is 10.2 Å². The standard InChI is InChI=1S/C14H13N3O2S/c1-8-16-11-4-2-9(6-13(11)20-8)17-14(18)12-5-3-10(7-15)19-12/h2-6H,7,15H2,1H3,(H,17,18). The second-order valence-electron chi connectivity index (χ2n) is 4.34. The number of nitrogens with one attached hydrogen (secondary N) is 1. The summed E-state index contributed by atoms with van der Waals surface area (Å²) in [7, 11) is 0. The lowest BCUT2D eigenvalue weighted by atomic mass is 10.3. The average Bonchev–Trinajstić information content (AvgIpc) is 3.03. The van der Waals surface area contributed by atoms with Gasteiger partial charge in [0.2, 0.25) is 0 Å². The fraction of sp³-hybridized carbons (Fsp3) is 0.143. The zero-order valence-electron chi connectivity index (χ0n) is 10.8. The lowest BCUT2D eigenvalue weighted by Crippen LogP contribution is -2.10. The number of amides is 1. The van der Waals surface area contributed by atoms with Gasteiger partial charge in [-0.1, -0.05) is 0 Å². The van der Waals surface area contributed by atoms with Gasteiger partial charge in [-0.2, -0.15) is 0 Å². The normalized spacial score (nSPS) is 10.9. The molecule has 0 saturated carbocycles. The predicted molar refractivity (Wildman–Crippen MR) is 78.9 cm³/mol. The Balaban J connectivity index is 1.82. The highest BCUT2D eigenvalue weighted by atomic mass is 32.1. The summed E-state index contributed by atoms with van der Waals surface area (Å²) in [4.78, 5) is 16.4. The van der Waals surface area contributed by atoms with Crippen LogP contribution in [-0.2, 0) is 6.54 Å². The summed E-state index contributed by atoms with van der Waals surface area (Å²) in [5.41, 5.74) is 7.11. The minimum absolute atomic E-state index is 0.256. The van der Waals surface area contributed by atoms with E-state index < -0.39 is 0 Å². The molecule has 0 atom stereocenters. The molecule has 0 aliphatic heterocycles. The number of rotatable bonds is 3. The number of nitrogens with two attached hydrogens (primary N) is 1. The molecule has 5 nitrogen and oxygen atoms in total. The molecule has 2 aromatic heterocycles. The van der Waals surface area contributed by atoms with Gasteiger partial charge in [0.25, 0.3) is 5.91 Å². The molecule has 6 heteroatoms. The van der Waals surface area contributed by atoms with Crippen LogP contribution >= 0.6 is 11.3 Å². The van der Waals surface area contributed by atoms with Gasteiger partial charge in [0, 0.05) is 5.69 Å². The van der Waals surface area contributed by atoms with E-state index in [1.54, 1.807) is 23.5 Å². The minimum Gasteiger partial charge on any atom is -0.455 e. The quantitative estimate of drug-likeness (QED) is 0.776. The number of thiazole rings is 1. The molecule has 3 rings (SSSR count). The average molecular weight is 287 g/mol. The molecule has 0 fully saturated rings. The van der Waals surface area contributed by atoms with Crippen molar-refractivity contribution in [3.8, 4) is 0 Å². The molecule has 2 heterocycles. The molecule has 0 bridgehead atoms. The molecule has 0 aliphatic carbocycles. The smallest absolute Gasteiger partial charge is 0.291 e. The third-order valence-electron chi connectivity index (χ3n) is 2.84. The molecule has 0 aliphatic rings. The highest BCUT2D eigenvalue weighted by Gasteiger charge is 2.11. The number of nitrogens with zero attached hydrogens (tertiary/aromatic N) is 1. The fourth-order valence-electron chi connectivity index (χ4n) is 1.92. The Morgan fingerprint density at radius 3 is 3.00 bits per heavy atom. The molecule has 0 radical (unpaired) electrons. The molecule has 1 aromatic carbocycles. The summed E-state index contributed by atoms with van der Waals surface area (Å²) in [5.74, 6) is 0.556. The largest absolute Gasteiger partial charge is 0.455 e. The van der Waals surface area contributed by atoms with Crippen LogP contribution in [-0.4, -0.2) is 10.9 Å². The van der Waals surface area contributed by atoms with E-state index in [1.807, 2.05) is 25.1 Å². The van der Waals surface area contributed by atoms with Gasteiger partial charge >= 0.3 is 0 Å². The Hall–Kier alpha value is -2.18. The number of aromatic nitrogens is 1. The van der Waals surface area contributed by atoms with E-state index in [0.717, 1.165) is 20.9 Å². The number of fused-ring (bicyclic) bond motifs is 1. The van der Waals surface area contributed by atoms with Crippen molar-refractivity contribution < 1.29 is 9.21 Å². The number of furan rings is 1. The Morgan fingerprint density at radius 2 is 2.25 bits per heavy atom. The van der Waals surface area contributed by atoms with Crippen molar-refractivity contribution in [2.75, 3.05) is 5.32 Å². The summed E-state index contributed by atoms with van der Waals surface area (Å²) in [6, 6.07) is 8.94. The van der Waals surface area contributed by atoms with Crippen molar-refractivity contribution in [1.82, 2.24) is 4.98 Å². The minimum atomic E-state index is -0.287. The maximum Gasteiger partial charge on any atom is 0.291 e. The van der Waals surface area contributed by atoms with Gasteiger partial charge in [-0.25, -0.2) is 4.98 Å². The van der Waals surface area contributed by atoms with Crippen LogP contribution in [0.3, 0.4) is 0 Å². The van der Waals surface area contributed by atoms with Crippen molar-refractivity contribution in [2.45, 2.75) is 13.5 Å². The monoisotopic (exact) mass is 287 g/mol. The SMILES string of the molecule is Cc1nc2ccc(NC(=O)c3ccc(CN)o3)cc2s1. The first kappa shape index (κ1) is 12.8. The number of anilines is 1. The Morgan fingerprint density at radius 1 is 1.40 bits per heavy atom. The van der Waals surface area contributed by atoms with Gasteiger partial charge in [-0.05, 0) is 37.3 Å². The third-order valence-corrected chi connectivity index (χ3v) is 3.77. The van der Waals surface area contributed by atoms with Crippen LogP contribution < -0.4 is 11.1 Å². The van der Waals surface area contributed by atoms with Gasteiger partial charge in [-0.15, -0.1) is 11.3 Å². The second kappa shape index (κ2) is 5.07. The number of carbonyl (C=O) groups excluding carboxylic acids is 1. The summed E-state index contributed by atoms with van der Waals surface area (Å²) >= 11 is 1.59. The molecule has 0 spiro atoms. The Bertz CT molecular complexity index is 776. The van der Waals surface area contributed by atoms with Crippen molar-refractivity contribution in [2.24, 2.45) is 5.73 Å². The van der Waals surface area contributed by atoms with E-state index in [0.29, 0.717) is 5.76 Å². The van der Waals surface area contributed by atoms with Crippen LogP contribution in [0.25, 0.3) is 10.2 Å². The molecule has 3 aromatic rings.